The van der Waals surface area contributed by atoms with E-state index in [1.165, 1.54) is 0 Å². The maximum absolute atomic E-state index is 9.34. The molecule has 0 atom stereocenters. The summed E-state index contributed by atoms with van der Waals surface area (Å²) in [5.74, 6) is 0.609. The molecule has 0 bridgehead atoms. The topological polar surface area (TPSA) is 52.5 Å². The standard InChI is InChI=1S/C15H10BrN3S/c1-9-2-4-12-13(6-9)19-15(18-12)10(8-17)7-11-3-5-14(16)20-11/h2-7H,1H3,(H,18,19)/b10-7+. The van der Waals surface area contributed by atoms with Crippen LogP contribution in [0.1, 0.15) is 16.3 Å². The van der Waals surface area contributed by atoms with Gasteiger partial charge in [-0.1, -0.05) is 6.07 Å². The number of imidazole rings is 1. The van der Waals surface area contributed by atoms with Crippen LogP contribution in [-0.4, -0.2) is 9.97 Å². The zero-order chi connectivity index (χ0) is 14.1. The van der Waals surface area contributed by atoms with Crippen molar-refractivity contribution in [3.8, 4) is 6.07 Å². The second-order valence-corrected chi connectivity index (χ2v) is 6.91. The van der Waals surface area contributed by atoms with E-state index < -0.39 is 0 Å². The molecule has 3 aromatic rings. The van der Waals surface area contributed by atoms with Crippen LogP contribution in [0.25, 0.3) is 22.7 Å². The van der Waals surface area contributed by atoms with E-state index in [1.807, 2.05) is 43.3 Å². The lowest BCUT2D eigenvalue weighted by Gasteiger charge is -1.91. The second-order valence-electron chi connectivity index (χ2n) is 4.42. The Morgan fingerprint density at radius 1 is 1.40 bits per heavy atom. The number of fused-ring (bicyclic) bond motifs is 1. The molecule has 98 valence electrons. The number of hydrogen-bond acceptors (Lipinski definition) is 3. The fraction of sp³-hybridized carbons (Fsp3) is 0.0667. The van der Waals surface area contributed by atoms with Gasteiger partial charge in [0.2, 0.25) is 0 Å². The van der Waals surface area contributed by atoms with E-state index >= 15 is 0 Å². The predicted octanol–water partition coefficient (Wildman–Crippen LogP) is 4.76. The number of nitriles is 1. The number of thiophene rings is 1. The van der Waals surface area contributed by atoms with Gasteiger partial charge in [-0.25, -0.2) is 4.98 Å². The van der Waals surface area contributed by atoms with Crippen molar-refractivity contribution in [3.05, 3.63) is 50.4 Å². The lowest BCUT2D eigenvalue weighted by Crippen LogP contribution is -1.83. The smallest absolute Gasteiger partial charge is 0.149 e. The van der Waals surface area contributed by atoms with Gasteiger partial charge in [-0.3, -0.25) is 0 Å². The summed E-state index contributed by atoms with van der Waals surface area (Å²) in [6.07, 6.45) is 1.85. The molecule has 0 spiro atoms. The summed E-state index contributed by atoms with van der Waals surface area (Å²) >= 11 is 5.00. The van der Waals surface area contributed by atoms with Gasteiger partial charge in [0.1, 0.15) is 11.9 Å². The minimum Gasteiger partial charge on any atom is -0.337 e. The number of allylic oxidation sites excluding steroid dienone is 1. The van der Waals surface area contributed by atoms with Crippen LogP contribution in [0.3, 0.4) is 0 Å². The first kappa shape index (κ1) is 13.1. The number of benzene rings is 1. The van der Waals surface area contributed by atoms with Crippen molar-refractivity contribution < 1.29 is 0 Å². The van der Waals surface area contributed by atoms with Gasteiger partial charge >= 0.3 is 0 Å². The summed E-state index contributed by atoms with van der Waals surface area (Å²) in [5.41, 5.74) is 3.53. The van der Waals surface area contributed by atoms with E-state index in [1.54, 1.807) is 11.3 Å². The Labute approximate surface area is 128 Å². The first-order valence-corrected chi connectivity index (χ1v) is 7.60. The minimum absolute atomic E-state index is 0.535. The monoisotopic (exact) mass is 343 g/mol. The molecule has 5 heteroatoms. The molecule has 0 aliphatic heterocycles. The highest BCUT2D eigenvalue weighted by Crippen LogP contribution is 2.26. The third kappa shape index (κ3) is 2.53. The van der Waals surface area contributed by atoms with Crippen LogP contribution in [0, 0.1) is 18.3 Å². The molecule has 3 nitrogen and oxygen atoms in total. The van der Waals surface area contributed by atoms with E-state index in [4.69, 9.17) is 0 Å². The molecule has 2 aromatic heterocycles. The van der Waals surface area contributed by atoms with Crippen LogP contribution in [0.2, 0.25) is 0 Å². The van der Waals surface area contributed by atoms with Crippen LogP contribution < -0.4 is 0 Å². The van der Waals surface area contributed by atoms with Gasteiger partial charge < -0.3 is 4.98 Å². The van der Waals surface area contributed by atoms with Gasteiger partial charge in [0, 0.05) is 4.88 Å². The van der Waals surface area contributed by atoms with Crippen molar-refractivity contribution in [2.45, 2.75) is 6.92 Å². The summed E-state index contributed by atoms with van der Waals surface area (Å²) in [7, 11) is 0. The van der Waals surface area contributed by atoms with E-state index in [2.05, 4.69) is 32.0 Å². The average molecular weight is 344 g/mol. The van der Waals surface area contributed by atoms with Crippen molar-refractivity contribution in [1.82, 2.24) is 9.97 Å². The maximum Gasteiger partial charge on any atom is 0.149 e. The Bertz CT molecular complexity index is 852. The highest BCUT2D eigenvalue weighted by atomic mass is 79.9. The lowest BCUT2D eigenvalue weighted by atomic mass is 10.2. The number of aromatic nitrogens is 2. The van der Waals surface area contributed by atoms with Gasteiger partial charge in [0.25, 0.3) is 0 Å². The summed E-state index contributed by atoms with van der Waals surface area (Å²) in [5, 5.41) is 9.34. The quantitative estimate of drug-likeness (QED) is 0.682. The van der Waals surface area contributed by atoms with Crippen LogP contribution in [0.5, 0.6) is 0 Å². The Morgan fingerprint density at radius 2 is 2.25 bits per heavy atom. The third-order valence-electron chi connectivity index (χ3n) is 2.89. The molecule has 0 saturated heterocycles. The molecule has 1 N–H and O–H groups in total. The maximum atomic E-state index is 9.34. The highest BCUT2D eigenvalue weighted by Gasteiger charge is 2.08. The van der Waals surface area contributed by atoms with Crippen molar-refractivity contribution in [2.24, 2.45) is 0 Å². The fourth-order valence-electron chi connectivity index (χ4n) is 1.95. The number of H-pyrrole nitrogens is 1. The lowest BCUT2D eigenvalue weighted by molar-refractivity contribution is 1.27. The third-order valence-corrected chi connectivity index (χ3v) is 4.46. The summed E-state index contributed by atoms with van der Waals surface area (Å²) in [6.45, 7) is 2.03. The molecule has 20 heavy (non-hydrogen) atoms. The van der Waals surface area contributed by atoms with Gasteiger partial charge in [0.15, 0.2) is 0 Å². The molecule has 1 aromatic carbocycles. The van der Waals surface area contributed by atoms with E-state index in [0.717, 1.165) is 25.3 Å². The Kier molecular flexibility index (Phi) is 3.43. The van der Waals surface area contributed by atoms with Crippen LogP contribution in [0.15, 0.2) is 34.1 Å². The van der Waals surface area contributed by atoms with Crippen LogP contribution in [0.4, 0.5) is 0 Å². The largest absolute Gasteiger partial charge is 0.337 e. The molecular formula is C15H10BrN3S. The van der Waals surface area contributed by atoms with Crippen molar-refractivity contribution in [3.63, 3.8) is 0 Å². The number of nitrogens with one attached hydrogen (secondary N) is 1. The second kappa shape index (κ2) is 5.23. The molecule has 0 fully saturated rings. The number of aromatic amines is 1. The zero-order valence-electron chi connectivity index (χ0n) is 10.6. The highest BCUT2D eigenvalue weighted by molar-refractivity contribution is 9.11. The van der Waals surface area contributed by atoms with Crippen molar-refractivity contribution in [1.29, 1.82) is 5.26 Å². The van der Waals surface area contributed by atoms with Crippen molar-refractivity contribution >= 4 is 49.9 Å². The molecule has 0 saturated carbocycles. The summed E-state index contributed by atoms with van der Waals surface area (Å²) in [6, 6.07) is 12.2. The molecule has 2 heterocycles. The minimum atomic E-state index is 0.535. The molecule has 0 unspecified atom stereocenters. The number of hydrogen-bond donors (Lipinski definition) is 1. The molecule has 3 rings (SSSR count). The SMILES string of the molecule is Cc1ccc2nc(/C(C#N)=C/c3ccc(Br)s3)[nH]c2c1. The first-order chi connectivity index (χ1) is 9.65. The average Bonchev–Trinajstić information content (AvgIpc) is 3.01. The fourth-order valence-corrected chi connectivity index (χ4v) is 3.32. The van der Waals surface area contributed by atoms with Gasteiger partial charge in [-0.2, -0.15) is 5.26 Å². The molecule has 0 aliphatic carbocycles. The molecule has 0 aliphatic rings. The van der Waals surface area contributed by atoms with Crippen molar-refractivity contribution in [2.75, 3.05) is 0 Å². The Morgan fingerprint density at radius 3 is 2.95 bits per heavy atom. The van der Waals surface area contributed by atoms with Crippen LogP contribution in [-0.2, 0) is 0 Å². The Balaban J connectivity index is 2.07. The van der Waals surface area contributed by atoms with Crippen LogP contribution >= 0.6 is 27.3 Å². The molecule has 0 radical (unpaired) electrons. The number of halogens is 1. The normalized spacial score (nSPS) is 11.8. The van der Waals surface area contributed by atoms with Gasteiger partial charge in [-0.05, 0) is 58.8 Å². The Hall–Kier alpha value is -1.90. The van der Waals surface area contributed by atoms with Gasteiger partial charge in [-0.15, -0.1) is 11.3 Å². The number of rotatable bonds is 2. The summed E-state index contributed by atoms with van der Waals surface area (Å²) in [4.78, 5) is 8.70. The van der Waals surface area contributed by atoms with E-state index in [0.29, 0.717) is 11.4 Å². The van der Waals surface area contributed by atoms with Gasteiger partial charge in [0.05, 0.1) is 20.4 Å². The number of aryl methyl sites for hydroxylation is 1. The van der Waals surface area contributed by atoms with E-state index in [9.17, 15) is 5.26 Å². The van der Waals surface area contributed by atoms with E-state index in [-0.39, 0.29) is 0 Å². The molecular weight excluding hydrogens is 334 g/mol. The summed E-state index contributed by atoms with van der Waals surface area (Å²) < 4.78 is 1.04. The first-order valence-electron chi connectivity index (χ1n) is 5.99. The molecule has 0 amide bonds. The number of nitrogens with zero attached hydrogens (tertiary/aromatic N) is 2. The predicted molar refractivity (Wildman–Crippen MR) is 86.3 cm³/mol. The zero-order valence-corrected chi connectivity index (χ0v) is 13.0.